The number of carbonyl (C=O) groups excluding carboxylic acids is 1. The van der Waals surface area contributed by atoms with Gasteiger partial charge < -0.3 is 5.32 Å². The molecule has 156 valence electrons. The van der Waals surface area contributed by atoms with Crippen LogP contribution in [0.3, 0.4) is 0 Å². The molecule has 0 bridgehead atoms. The number of anilines is 2. The molecular formula is C22H21FN2O3S2. The van der Waals surface area contributed by atoms with E-state index in [1.807, 2.05) is 24.5 Å². The summed E-state index contributed by atoms with van der Waals surface area (Å²) in [7, 11) is -3.58. The molecule has 0 aliphatic heterocycles. The number of halogens is 1. The first kappa shape index (κ1) is 21.9. The van der Waals surface area contributed by atoms with Crippen LogP contribution in [0.5, 0.6) is 0 Å². The Labute approximate surface area is 180 Å². The first-order valence-electron chi connectivity index (χ1n) is 9.04. The molecule has 0 aliphatic carbocycles. The Bertz CT molecular complexity index is 1130. The predicted octanol–water partition coefficient (Wildman–Crippen LogP) is 4.77. The van der Waals surface area contributed by atoms with Gasteiger partial charge in [0, 0.05) is 16.1 Å². The highest BCUT2D eigenvalue weighted by atomic mass is 32.2. The molecule has 0 saturated heterocycles. The standard InChI is InChI=1S/C22H21FN2O3S2/c1-29-21-5-3-4-19(14-21)24-22(26)17-8-12-20(13-9-17)25(30(2,27)28)15-16-6-10-18(23)11-7-16/h3-14H,15H2,1-2H3,(H,24,26). The fraction of sp³-hybridized carbons (Fsp3) is 0.136. The molecule has 0 saturated carbocycles. The van der Waals surface area contributed by atoms with E-state index in [4.69, 9.17) is 0 Å². The zero-order valence-corrected chi connectivity index (χ0v) is 18.1. The Morgan fingerprint density at radius 1 is 1.03 bits per heavy atom. The largest absolute Gasteiger partial charge is 0.322 e. The van der Waals surface area contributed by atoms with E-state index in [1.54, 1.807) is 42.1 Å². The van der Waals surface area contributed by atoms with Gasteiger partial charge in [-0.3, -0.25) is 9.10 Å². The Morgan fingerprint density at radius 2 is 1.70 bits per heavy atom. The van der Waals surface area contributed by atoms with Gasteiger partial charge in [-0.05, 0) is 66.4 Å². The van der Waals surface area contributed by atoms with Crippen molar-refractivity contribution in [1.29, 1.82) is 0 Å². The molecule has 3 aromatic carbocycles. The van der Waals surface area contributed by atoms with Crippen LogP contribution in [0.2, 0.25) is 0 Å². The van der Waals surface area contributed by atoms with Gasteiger partial charge in [0.1, 0.15) is 5.82 Å². The Hall–Kier alpha value is -2.84. The van der Waals surface area contributed by atoms with Crippen LogP contribution in [-0.4, -0.2) is 26.8 Å². The molecule has 1 N–H and O–H groups in total. The van der Waals surface area contributed by atoms with Crippen molar-refractivity contribution in [2.24, 2.45) is 0 Å². The van der Waals surface area contributed by atoms with Gasteiger partial charge in [-0.25, -0.2) is 12.8 Å². The highest BCUT2D eigenvalue weighted by Gasteiger charge is 2.18. The van der Waals surface area contributed by atoms with E-state index in [0.29, 0.717) is 22.5 Å². The van der Waals surface area contributed by atoms with Crippen molar-refractivity contribution in [3.8, 4) is 0 Å². The number of nitrogens with zero attached hydrogens (tertiary/aromatic N) is 1. The topological polar surface area (TPSA) is 66.5 Å². The van der Waals surface area contributed by atoms with Crippen molar-refractivity contribution in [2.45, 2.75) is 11.4 Å². The Balaban J connectivity index is 1.78. The van der Waals surface area contributed by atoms with E-state index in [9.17, 15) is 17.6 Å². The molecule has 0 radical (unpaired) electrons. The van der Waals surface area contributed by atoms with Crippen LogP contribution in [-0.2, 0) is 16.6 Å². The SMILES string of the molecule is CSc1cccc(NC(=O)c2ccc(N(Cc3ccc(F)cc3)S(C)(=O)=O)cc2)c1. The summed E-state index contributed by atoms with van der Waals surface area (Å²) in [6.07, 6.45) is 3.06. The van der Waals surface area contributed by atoms with Crippen molar-refractivity contribution >= 4 is 39.1 Å². The van der Waals surface area contributed by atoms with Crippen molar-refractivity contribution in [3.63, 3.8) is 0 Å². The number of hydrogen-bond donors (Lipinski definition) is 1. The quantitative estimate of drug-likeness (QED) is 0.533. The maximum Gasteiger partial charge on any atom is 0.255 e. The van der Waals surface area contributed by atoms with E-state index < -0.39 is 10.0 Å². The molecule has 0 aliphatic rings. The van der Waals surface area contributed by atoms with Crippen molar-refractivity contribution in [1.82, 2.24) is 0 Å². The number of hydrogen-bond acceptors (Lipinski definition) is 4. The van der Waals surface area contributed by atoms with Crippen LogP contribution < -0.4 is 9.62 Å². The zero-order valence-electron chi connectivity index (χ0n) is 16.5. The third-order valence-corrected chi connectivity index (χ3v) is 6.25. The van der Waals surface area contributed by atoms with Gasteiger partial charge in [-0.2, -0.15) is 0 Å². The summed E-state index contributed by atoms with van der Waals surface area (Å²) in [5.74, 6) is -0.674. The summed E-state index contributed by atoms with van der Waals surface area (Å²) in [5, 5.41) is 2.84. The summed E-state index contributed by atoms with van der Waals surface area (Å²) in [6.45, 7) is 0.0616. The van der Waals surface area contributed by atoms with Gasteiger partial charge in [-0.15, -0.1) is 11.8 Å². The van der Waals surface area contributed by atoms with Gasteiger partial charge in [0.2, 0.25) is 10.0 Å². The smallest absolute Gasteiger partial charge is 0.255 e. The average Bonchev–Trinajstić information content (AvgIpc) is 2.72. The predicted molar refractivity (Wildman–Crippen MR) is 120 cm³/mol. The first-order chi connectivity index (χ1) is 14.3. The van der Waals surface area contributed by atoms with Gasteiger partial charge >= 0.3 is 0 Å². The van der Waals surface area contributed by atoms with Crippen molar-refractivity contribution < 1.29 is 17.6 Å². The second-order valence-electron chi connectivity index (χ2n) is 6.63. The average molecular weight is 445 g/mol. The fourth-order valence-corrected chi connectivity index (χ4v) is 4.19. The van der Waals surface area contributed by atoms with Crippen LogP contribution >= 0.6 is 11.8 Å². The summed E-state index contributed by atoms with van der Waals surface area (Å²) < 4.78 is 38.9. The highest BCUT2D eigenvalue weighted by Crippen LogP contribution is 2.23. The van der Waals surface area contributed by atoms with E-state index in [0.717, 1.165) is 11.2 Å². The lowest BCUT2D eigenvalue weighted by Gasteiger charge is -2.22. The molecule has 0 unspecified atom stereocenters. The lowest BCUT2D eigenvalue weighted by Crippen LogP contribution is -2.29. The molecule has 5 nitrogen and oxygen atoms in total. The summed E-state index contributed by atoms with van der Waals surface area (Å²) in [5.41, 5.74) is 2.16. The first-order valence-corrected chi connectivity index (χ1v) is 12.1. The number of thioether (sulfide) groups is 1. The van der Waals surface area contributed by atoms with Crippen LogP contribution in [0.15, 0.2) is 77.7 Å². The highest BCUT2D eigenvalue weighted by molar-refractivity contribution is 7.98. The molecule has 30 heavy (non-hydrogen) atoms. The summed E-state index contributed by atoms with van der Waals surface area (Å²) >= 11 is 1.58. The number of rotatable bonds is 7. The number of nitrogens with one attached hydrogen (secondary N) is 1. The number of benzene rings is 3. The molecular weight excluding hydrogens is 423 g/mol. The molecule has 0 spiro atoms. The molecule has 3 rings (SSSR count). The lowest BCUT2D eigenvalue weighted by atomic mass is 10.1. The van der Waals surface area contributed by atoms with Crippen molar-refractivity contribution in [3.05, 3.63) is 89.7 Å². The third-order valence-electron chi connectivity index (χ3n) is 4.38. The Morgan fingerprint density at radius 3 is 2.30 bits per heavy atom. The zero-order chi connectivity index (χ0) is 21.7. The molecule has 3 aromatic rings. The minimum atomic E-state index is -3.58. The molecule has 0 fully saturated rings. The molecule has 0 heterocycles. The summed E-state index contributed by atoms with van der Waals surface area (Å²) in [6, 6.07) is 19.5. The van der Waals surface area contributed by atoms with E-state index in [2.05, 4.69) is 5.32 Å². The summed E-state index contributed by atoms with van der Waals surface area (Å²) in [4.78, 5) is 13.6. The molecule has 0 aromatic heterocycles. The maximum atomic E-state index is 13.1. The van der Waals surface area contributed by atoms with Gasteiger partial charge in [0.25, 0.3) is 5.91 Å². The van der Waals surface area contributed by atoms with Crippen LogP contribution in [0, 0.1) is 5.82 Å². The van der Waals surface area contributed by atoms with E-state index >= 15 is 0 Å². The van der Waals surface area contributed by atoms with E-state index in [1.165, 1.54) is 28.6 Å². The fourth-order valence-electron chi connectivity index (χ4n) is 2.84. The van der Waals surface area contributed by atoms with Gasteiger partial charge in [0.05, 0.1) is 18.5 Å². The van der Waals surface area contributed by atoms with Crippen LogP contribution in [0.4, 0.5) is 15.8 Å². The Kier molecular flexibility index (Phi) is 6.79. The monoisotopic (exact) mass is 444 g/mol. The third kappa shape index (κ3) is 5.61. The number of carbonyl (C=O) groups is 1. The molecule has 0 atom stereocenters. The number of amides is 1. The number of sulfonamides is 1. The molecule has 1 amide bonds. The van der Waals surface area contributed by atoms with Gasteiger partial charge in [0.15, 0.2) is 0 Å². The molecule has 8 heteroatoms. The second kappa shape index (κ2) is 9.32. The minimum absolute atomic E-state index is 0.0616. The van der Waals surface area contributed by atoms with Crippen LogP contribution in [0.1, 0.15) is 15.9 Å². The van der Waals surface area contributed by atoms with Crippen molar-refractivity contribution in [2.75, 3.05) is 22.1 Å². The minimum Gasteiger partial charge on any atom is -0.322 e. The second-order valence-corrected chi connectivity index (χ2v) is 9.42. The maximum absolute atomic E-state index is 13.1. The lowest BCUT2D eigenvalue weighted by molar-refractivity contribution is 0.102. The van der Waals surface area contributed by atoms with Crippen LogP contribution in [0.25, 0.3) is 0 Å². The normalized spacial score (nSPS) is 11.2. The van der Waals surface area contributed by atoms with Gasteiger partial charge in [-0.1, -0.05) is 18.2 Å². The van der Waals surface area contributed by atoms with E-state index in [-0.39, 0.29) is 18.3 Å².